The molecule has 2 aromatic heterocycles. The summed E-state index contributed by atoms with van der Waals surface area (Å²) < 4.78 is 9.59. The van der Waals surface area contributed by atoms with Crippen LogP contribution in [0.3, 0.4) is 0 Å². The quantitative estimate of drug-likeness (QED) is 0.0153. The van der Waals surface area contributed by atoms with Gasteiger partial charge in [0.25, 0.3) is 0 Å². The summed E-state index contributed by atoms with van der Waals surface area (Å²) in [5.41, 5.74) is 15.6. The van der Waals surface area contributed by atoms with E-state index in [1.54, 1.807) is 26.2 Å². The van der Waals surface area contributed by atoms with E-state index in [0.717, 1.165) is 131 Å². The van der Waals surface area contributed by atoms with Crippen molar-refractivity contribution in [3.8, 4) is 22.5 Å². The number of piperidine rings is 2. The molecule has 6 aromatic rings. The topological polar surface area (TPSA) is 198 Å². The number of aromatic nitrogens is 4. The van der Waals surface area contributed by atoms with Crippen LogP contribution < -0.4 is 31.8 Å². The molecule has 7 N–H and O–H groups in total. The molecule has 2 aliphatic heterocycles. The van der Waals surface area contributed by atoms with E-state index < -0.39 is 0 Å². The largest absolute Gasteiger partial charge is 0.399 e. The van der Waals surface area contributed by atoms with Crippen LogP contribution in [0.5, 0.6) is 0 Å². The lowest BCUT2D eigenvalue weighted by Crippen LogP contribution is -2.36. The van der Waals surface area contributed by atoms with Crippen LogP contribution in [0, 0.1) is 0 Å². The van der Waals surface area contributed by atoms with E-state index in [1.165, 1.54) is 0 Å². The van der Waals surface area contributed by atoms with Gasteiger partial charge in [-0.25, -0.2) is 15.0 Å². The number of hydrogen-bond donors (Lipinski definition) is 6. The van der Waals surface area contributed by atoms with Crippen LogP contribution >= 0.6 is 35.7 Å². The van der Waals surface area contributed by atoms with Crippen LogP contribution in [-0.4, -0.2) is 82.6 Å². The molecule has 63 heavy (non-hydrogen) atoms. The average Bonchev–Trinajstić information content (AvgIpc) is 3.31. The van der Waals surface area contributed by atoms with Crippen LogP contribution in [0.4, 0.5) is 29.0 Å². The smallest absolute Gasteiger partial charge is 0.229 e. The van der Waals surface area contributed by atoms with Gasteiger partial charge in [-0.05, 0) is 85.8 Å². The molecule has 8 rings (SSSR count). The Hall–Kier alpha value is -5.09. The van der Waals surface area contributed by atoms with Crippen LogP contribution in [0.15, 0.2) is 131 Å². The lowest BCUT2D eigenvalue weighted by atomic mass is 10.1. The minimum atomic E-state index is -0.233. The first-order valence-corrected chi connectivity index (χ1v) is 22.1. The highest BCUT2D eigenvalue weighted by molar-refractivity contribution is 7.94. The summed E-state index contributed by atoms with van der Waals surface area (Å²) in [4.78, 5) is 33.4. The van der Waals surface area contributed by atoms with Crippen molar-refractivity contribution in [2.24, 2.45) is 0 Å². The number of nitrogens with zero attached hydrogens (tertiary/aromatic N) is 6. The Balaban J connectivity index is 0.000000176. The molecule has 0 radical (unpaired) electrons. The van der Waals surface area contributed by atoms with Crippen molar-refractivity contribution in [3.05, 3.63) is 127 Å². The third-order valence-corrected chi connectivity index (χ3v) is 11.0. The van der Waals surface area contributed by atoms with Gasteiger partial charge >= 0.3 is 0 Å². The SMILES string of the molecule is CNOOSc1ccc(N)cc1.CNOOSc1ccc(Nc2nc(-c3ccccc3)cc(N3CCC(O)CC3)n2)cc1.OC1CCN(c2cc(-c3ccccc3)nc(Cl)n2)CC1. The Kier molecular flexibility index (Phi) is 19.0. The molecule has 16 nitrogen and oxygen atoms in total. The fraction of sp³-hybridized carbons (Fsp3) is 0.273. The van der Waals surface area contributed by atoms with E-state index in [2.05, 4.69) is 50.4 Å². The van der Waals surface area contributed by atoms with E-state index in [-0.39, 0.29) is 17.5 Å². The number of hydroxylamine groups is 2. The number of rotatable bonds is 14. The molecule has 19 heteroatoms. The summed E-state index contributed by atoms with van der Waals surface area (Å²) >= 11 is 8.27. The second-order valence-electron chi connectivity index (χ2n) is 14.1. The molecule has 0 unspecified atom stereocenters. The summed E-state index contributed by atoms with van der Waals surface area (Å²) in [7, 11) is 3.24. The molecule has 2 saturated heterocycles. The van der Waals surface area contributed by atoms with Crippen LogP contribution in [0.2, 0.25) is 5.28 Å². The summed E-state index contributed by atoms with van der Waals surface area (Å²) in [6, 6.07) is 38.9. The minimum absolute atomic E-state index is 0.197. The van der Waals surface area contributed by atoms with E-state index in [0.29, 0.717) is 5.95 Å². The second-order valence-corrected chi connectivity index (χ2v) is 16.0. The van der Waals surface area contributed by atoms with E-state index in [4.69, 9.17) is 31.6 Å². The summed E-state index contributed by atoms with van der Waals surface area (Å²) in [6.45, 7) is 3.13. The zero-order valence-corrected chi connectivity index (χ0v) is 37.2. The zero-order valence-electron chi connectivity index (χ0n) is 34.8. The van der Waals surface area contributed by atoms with Gasteiger partial charge in [0.15, 0.2) is 0 Å². The lowest BCUT2D eigenvalue weighted by Gasteiger charge is -2.30. The molecular weight excluding hydrogens is 864 g/mol. The van der Waals surface area contributed by atoms with Gasteiger partial charge in [-0.2, -0.15) is 15.9 Å². The molecule has 332 valence electrons. The van der Waals surface area contributed by atoms with Crippen molar-refractivity contribution < 1.29 is 28.9 Å². The van der Waals surface area contributed by atoms with Crippen LogP contribution in [-0.2, 0) is 18.6 Å². The monoisotopic (exact) mass is 914 g/mol. The summed E-state index contributed by atoms with van der Waals surface area (Å²) in [5.74, 6) is 2.21. The average molecular weight is 916 g/mol. The molecule has 0 atom stereocenters. The predicted molar refractivity (Wildman–Crippen MR) is 250 cm³/mol. The van der Waals surface area contributed by atoms with Gasteiger partial charge in [-0.3, -0.25) is 0 Å². The number of nitrogens with one attached hydrogen (secondary N) is 3. The Morgan fingerprint density at radius 1 is 0.603 bits per heavy atom. The predicted octanol–water partition coefficient (Wildman–Crippen LogP) is 8.05. The van der Waals surface area contributed by atoms with Gasteiger partial charge in [0.05, 0.1) is 47.7 Å². The number of benzene rings is 4. The number of hydrogen-bond acceptors (Lipinski definition) is 18. The first-order valence-electron chi connectivity index (χ1n) is 20.2. The summed E-state index contributed by atoms with van der Waals surface area (Å²) in [5, 5.41) is 23.0. The number of aliphatic hydroxyl groups excluding tert-OH is 2. The van der Waals surface area contributed by atoms with Gasteiger partial charge in [-0.1, -0.05) is 60.7 Å². The number of halogens is 1. The highest BCUT2D eigenvalue weighted by atomic mass is 35.5. The molecule has 0 saturated carbocycles. The van der Waals surface area contributed by atoms with Crippen molar-refractivity contribution in [1.82, 2.24) is 30.9 Å². The number of anilines is 5. The third kappa shape index (κ3) is 15.6. The Bertz CT molecular complexity index is 2240. The van der Waals surface area contributed by atoms with Crippen LogP contribution in [0.1, 0.15) is 25.7 Å². The normalized spacial score (nSPS) is 14.3. The van der Waals surface area contributed by atoms with Crippen molar-refractivity contribution in [3.63, 3.8) is 0 Å². The van der Waals surface area contributed by atoms with E-state index in [9.17, 15) is 10.2 Å². The van der Waals surface area contributed by atoms with Crippen molar-refractivity contribution in [2.75, 3.05) is 61.1 Å². The number of aliphatic hydroxyl groups is 2. The van der Waals surface area contributed by atoms with Crippen molar-refractivity contribution in [1.29, 1.82) is 0 Å². The lowest BCUT2D eigenvalue weighted by molar-refractivity contribution is -0.237. The molecule has 4 heterocycles. The first kappa shape index (κ1) is 47.4. The Morgan fingerprint density at radius 3 is 1.52 bits per heavy atom. The minimum Gasteiger partial charge on any atom is -0.399 e. The molecule has 0 aliphatic carbocycles. The highest BCUT2D eigenvalue weighted by Gasteiger charge is 2.21. The third-order valence-electron chi connectivity index (χ3n) is 9.60. The van der Waals surface area contributed by atoms with E-state index >= 15 is 0 Å². The zero-order chi connectivity index (χ0) is 44.2. The van der Waals surface area contributed by atoms with Gasteiger partial charge in [0.2, 0.25) is 11.2 Å². The van der Waals surface area contributed by atoms with Gasteiger partial charge < -0.3 is 31.1 Å². The molecule has 0 spiro atoms. The molecule has 2 fully saturated rings. The maximum atomic E-state index is 9.85. The number of nitrogens with two attached hydrogens (primary N) is 1. The number of nitrogen functional groups attached to an aromatic ring is 1. The Morgan fingerprint density at radius 2 is 1.05 bits per heavy atom. The molecule has 2 aliphatic rings. The fourth-order valence-corrected chi connectivity index (χ4v) is 7.38. The highest BCUT2D eigenvalue weighted by Crippen LogP contribution is 2.29. The maximum Gasteiger partial charge on any atom is 0.229 e. The maximum absolute atomic E-state index is 9.85. The van der Waals surface area contributed by atoms with Crippen LogP contribution in [0.25, 0.3) is 22.5 Å². The first-order chi connectivity index (χ1) is 30.8. The second kappa shape index (κ2) is 25.3. The summed E-state index contributed by atoms with van der Waals surface area (Å²) in [6.07, 6.45) is 2.59. The molecule has 0 bridgehead atoms. The Labute approximate surface area is 380 Å². The van der Waals surface area contributed by atoms with Gasteiger partial charge in [-0.15, -0.1) is 18.6 Å². The fourth-order valence-electron chi connectivity index (χ4n) is 6.35. The standard InChI is InChI=1S/C22H25N5O3S.C15H16ClN3O.C7H10N2O2S/c1-23-29-30-31-19-9-7-17(8-10-19)24-22-25-20(16-5-3-2-4-6-16)15-21(26-22)27-13-11-18(28)12-14-27;16-15-17-13(11-4-2-1-3-5-11)10-14(18-15)19-8-6-12(20)7-9-19;1-9-10-11-12-7-4-2-6(8)3-5-7/h2-10,15,18,23,28H,11-14H2,1H3,(H,24,25,26);1-5,10,12,20H,6-9H2;2-5,9H,8H2,1H3. The molecular formula is C44H51ClN10O6S2. The van der Waals surface area contributed by atoms with E-state index in [1.807, 2.05) is 109 Å². The van der Waals surface area contributed by atoms with Gasteiger partial charge in [0.1, 0.15) is 11.6 Å². The van der Waals surface area contributed by atoms with Gasteiger partial charge in [0, 0.05) is 84.7 Å². The molecule has 0 amide bonds. The van der Waals surface area contributed by atoms with Crippen molar-refractivity contribution >= 4 is 64.6 Å². The molecule has 4 aromatic carbocycles. The van der Waals surface area contributed by atoms with Crippen molar-refractivity contribution in [2.45, 2.75) is 47.7 Å².